The average Bonchev–Trinajstić information content (AvgIpc) is 2.94. The van der Waals surface area contributed by atoms with E-state index in [1.807, 2.05) is 12.1 Å². The van der Waals surface area contributed by atoms with Gasteiger partial charge in [0.15, 0.2) is 0 Å². The first-order valence-corrected chi connectivity index (χ1v) is 13.0. The molecule has 6 rings (SSSR count). The number of nitriles is 1. The van der Waals surface area contributed by atoms with Crippen LogP contribution < -0.4 is 21.4 Å². The Morgan fingerprint density at radius 2 is 1.84 bits per heavy atom. The molecular formula is C30H28FN7. The molecule has 8 heteroatoms. The van der Waals surface area contributed by atoms with Gasteiger partial charge in [-0.25, -0.2) is 14.4 Å². The van der Waals surface area contributed by atoms with Gasteiger partial charge >= 0.3 is 0 Å². The van der Waals surface area contributed by atoms with E-state index < -0.39 is 0 Å². The van der Waals surface area contributed by atoms with Crippen LogP contribution in [0.3, 0.4) is 0 Å². The topological polar surface area (TPSA) is 82.1 Å². The van der Waals surface area contributed by atoms with Gasteiger partial charge < -0.3 is 14.8 Å². The van der Waals surface area contributed by atoms with Crippen LogP contribution in [0.2, 0.25) is 0 Å². The van der Waals surface area contributed by atoms with Crippen molar-refractivity contribution in [2.24, 2.45) is 4.99 Å². The summed E-state index contributed by atoms with van der Waals surface area (Å²) in [6.07, 6.45) is 9.87. The van der Waals surface area contributed by atoms with Crippen molar-refractivity contribution in [2.45, 2.75) is 31.7 Å². The Bertz CT molecular complexity index is 1670. The molecule has 1 fully saturated rings. The number of piperidine rings is 1. The lowest BCUT2D eigenvalue weighted by Gasteiger charge is -2.26. The Balaban J connectivity index is 1.58. The first-order chi connectivity index (χ1) is 18.6. The van der Waals surface area contributed by atoms with E-state index in [0.29, 0.717) is 5.69 Å². The van der Waals surface area contributed by atoms with Gasteiger partial charge in [0.1, 0.15) is 17.6 Å². The zero-order valence-corrected chi connectivity index (χ0v) is 21.2. The van der Waals surface area contributed by atoms with E-state index in [1.165, 1.54) is 12.1 Å². The number of benzene rings is 2. The summed E-state index contributed by atoms with van der Waals surface area (Å²) in [4.78, 5) is 16.8. The van der Waals surface area contributed by atoms with E-state index in [1.54, 1.807) is 24.4 Å². The summed E-state index contributed by atoms with van der Waals surface area (Å²) < 4.78 is 16.0. The van der Waals surface area contributed by atoms with Gasteiger partial charge in [-0.15, -0.1) is 0 Å². The lowest BCUT2D eigenvalue weighted by molar-refractivity contribution is 0.255. The third kappa shape index (κ3) is 4.81. The van der Waals surface area contributed by atoms with E-state index in [9.17, 15) is 4.39 Å². The molecule has 0 spiro atoms. The number of anilines is 2. The van der Waals surface area contributed by atoms with Crippen LogP contribution in [-0.2, 0) is 0 Å². The second-order valence-electron chi connectivity index (χ2n) is 9.87. The van der Waals surface area contributed by atoms with Crippen LogP contribution in [0.25, 0.3) is 29.2 Å². The molecule has 38 heavy (non-hydrogen) atoms. The molecule has 0 amide bonds. The molecule has 1 N–H and O–H groups in total. The van der Waals surface area contributed by atoms with Crippen molar-refractivity contribution in [1.29, 1.82) is 5.26 Å². The molecule has 0 atom stereocenters. The average molecular weight is 506 g/mol. The van der Waals surface area contributed by atoms with Gasteiger partial charge in [-0.05, 0) is 94.4 Å². The van der Waals surface area contributed by atoms with E-state index >= 15 is 0 Å². The molecule has 0 saturated carbocycles. The Morgan fingerprint density at radius 3 is 2.58 bits per heavy atom. The minimum Gasteiger partial charge on any atom is -0.352 e. The van der Waals surface area contributed by atoms with E-state index in [0.717, 1.165) is 83.3 Å². The molecule has 190 valence electrons. The number of rotatable bonds is 4. The van der Waals surface area contributed by atoms with Gasteiger partial charge in [0, 0.05) is 5.69 Å². The SMILES string of the molecule is CN1CCC(N=c2cc3n(-c4ccc(F)cc4)c4c(nc-3cc2Nc2ccc(C#N)nc2)=CCCC=4)CC1. The highest BCUT2D eigenvalue weighted by Gasteiger charge is 2.19. The third-order valence-electron chi connectivity index (χ3n) is 7.17. The zero-order valence-electron chi connectivity index (χ0n) is 21.2. The number of nitrogens with zero attached hydrogens (tertiary/aromatic N) is 6. The Morgan fingerprint density at radius 1 is 1.05 bits per heavy atom. The number of pyridine rings is 1. The number of nitrogens with one attached hydrogen (secondary N) is 1. The molecule has 1 aromatic heterocycles. The highest BCUT2D eigenvalue weighted by Crippen LogP contribution is 2.24. The molecule has 2 aromatic rings. The van der Waals surface area contributed by atoms with Crippen LogP contribution in [0, 0.1) is 17.1 Å². The van der Waals surface area contributed by atoms with Gasteiger partial charge in [-0.3, -0.25) is 4.99 Å². The van der Waals surface area contributed by atoms with E-state index in [4.69, 9.17) is 15.2 Å². The second-order valence-corrected chi connectivity index (χ2v) is 9.87. The fourth-order valence-corrected chi connectivity index (χ4v) is 5.14. The van der Waals surface area contributed by atoms with Crippen molar-refractivity contribution >= 4 is 23.5 Å². The van der Waals surface area contributed by atoms with Crippen LogP contribution in [0.15, 0.2) is 59.7 Å². The molecule has 4 aliphatic rings. The van der Waals surface area contributed by atoms with Crippen molar-refractivity contribution in [2.75, 3.05) is 25.5 Å². The maximum absolute atomic E-state index is 13.8. The number of fused-ring (bicyclic) bond motifs is 2. The Labute approximate surface area is 220 Å². The second kappa shape index (κ2) is 10.2. The lowest BCUT2D eigenvalue weighted by atomic mass is 10.1. The molecule has 2 aliphatic heterocycles. The Hall–Kier alpha value is -4.35. The summed E-state index contributed by atoms with van der Waals surface area (Å²) in [7, 11) is 2.14. The maximum atomic E-state index is 13.8. The Kier molecular flexibility index (Phi) is 6.44. The molecule has 1 saturated heterocycles. The fraction of sp³-hybridized carbons (Fsp3) is 0.267. The number of halogens is 1. The molecule has 7 nitrogen and oxygen atoms in total. The highest BCUT2D eigenvalue weighted by atomic mass is 19.1. The molecule has 3 heterocycles. The van der Waals surface area contributed by atoms with Gasteiger partial charge in [-0.2, -0.15) is 5.26 Å². The van der Waals surface area contributed by atoms with Crippen LogP contribution in [0.5, 0.6) is 0 Å². The zero-order chi connectivity index (χ0) is 26.1. The maximum Gasteiger partial charge on any atom is 0.140 e. The van der Waals surface area contributed by atoms with Crippen molar-refractivity contribution in [1.82, 2.24) is 19.4 Å². The third-order valence-corrected chi connectivity index (χ3v) is 7.17. The molecule has 0 unspecified atom stereocenters. The number of aromatic nitrogens is 3. The van der Waals surface area contributed by atoms with Crippen molar-refractivity contribution in [3.8, 4) is 23.1 Å². The van der Waals surface area contributed by atoms with Crippen LogP contribution in [-0.4, -0.2) is 45.6 Å². The van der Waals surface area contributed by atoms with E-state index in [-0.39, 0.29) is 11.9 Å². The number of hydrogen-bond donors (Lipinski definition) is 1. The summed E-state index contributed by atoms with van der Waals surface area (Å²) in [6, 6.07) is 16.5. The summed E-state index contributed by atoms with van der Waals surface area (Å²) in [5.41, 5.74) is 4.57. The highest BCUT2D eigenvalue weighted by molar-refractivity contribution is 5.70. The predicted molar refractivity (Wildman–Crippen MR) is 146 cm³/mol. The molecule has 2 aliphatic carbocycles. The van der Waals surface area contributed by atoms with Crippen LogP contribution in [0.1, 0.15) is 31.4 Å². The quantitative estimate of drug-likeness (QED) is 0.459. The smallest absolute Gasteiger partial charge is 0.140 e. The molecule has 0 bridgehead atoms. The normalized spacial score (nSPS) is 16.4. The van der Waals surface area contributed by atoms with Crippen LogP contribution in [0.4, 0.5) is 15.8 Å². The van der Waals surface area contributed by atoms with Gasteiger partial charge in [0.25, 0.3) is 0 Å². The summed E-state index contributed by atoms with van der Waals surface area (Å²) in [5, 5.41) is 15.4. The van der Waals surface area contributed by atoms with Crippen molar-refractivity contribution in [3.05, 3.63) is 82.3 Å². The largest absolute Gasteiger partial charge is 0.352 e. The molecule has 0 radical (unpaired) electrons. The minimum absolute atomic E-state index is 0.216. The van der Waals surface area contributed by atoms with Gasteiger partial charge in [0.05, 0.1) is 51.1 Å². The number of hydrogen-bond acceptors (Lipinski definition) is 6. The minimum atomic E-state index is -0.266. The summed E-state index contributed by atoms with van der Waals surface area (Å²) in [5.74, 6) is -0.266. The first kappa shape index (κ1) is 24.0. The predicted octanol–water partition coefficient (Wildman–Crippen LogP) is 3.48. The monoisotopic (exact) mass is 505 g/mol. The summed E-state index contributed by atoms with van der Waals surface area (Å²) in [6.45, 7) is 2.03. The summed E-state index contributed by atoms with van der Waals surface area (Å²) >= 11 is 0. The first-order valence-electron chi connectivity index (χ1n) is 13.0. The number of likely N-dealkylation sites (tertiary alicyclic amines) is 1. The van der Waals surface area contributed by atoms with Gasteiger partial charge in [0.2, 0.25) is 0 Å². The molecule has 1 aromatic carbocycles. The van der Waals surface area contributed by atoms with E-state index in [2.05, 4.69) is 51.1 Å². The standard InChI is InChI=1S/C30H28FN7/c1-37-14-12-21(13-15-37)34-27-17-30-28(16-26(27)35-23-9-8-22(18-32)33-19-23)36-25-4-2-3-5-29(25)38(30)24-10-6-20(31)7-11-24/h4-11,16-17,19,21,35H,2-3,12-15H2,1H3. The fourth-order valence-electron chi connectivity index (χ4n) is 5.14. The van der Waals surface area contributed by atoms with Crippen molar-refractivity contribution < 1.29 is 4.39 Å². The van der Waals surface area contributed by atoms with Crippen LogP contribution >= 0.6 is 0 Å². The van der Waals surface area contributed by atoms with Crippen molar-refractivity contribution in [3.63, 3.8) is 0 Å². The lowest BCUT2D eigenvalue weighted by Crippen LogP contribution is -2.40. The van der Waals surface area contributed by atoms with Gasteiger partial charge in [-0.1, -0.05) is 12.2 Å². The molecular weight excluding hydrogens is 477 g/mol.